The van der Waals surface area contributed by atoms with Crippen LogP contribution in [0.25, 0.3) is 6.08 Å². The summed E-state index contributed by atoms with van der Waals surface area (Å²) in [6.45, 7) is 1.08. The van der Waals surface area contributed by atoms with Crippen LogP contribution in [0.5, 0.6) is 11.5 Å². The number of rotatable bonds is 4. The van der Waals surface area contributed by atoms with E-state index < -0.39 is 11.1 Å². The second-order valence-corrected chi connectivity index (χ2v) is 7.31. The summed E-state index contributed by atoms with van der Waals surface area (Å²) in [6, 6.07) is 2.97. The highest BCUT2D eigenvalue weighted by Gasteiger charge is 2.37. The van der Waals surface area contributed by atoms with Crippen molar-refractivity contribution in [3.05, 3.63) is 27.6 Å². The number of thioether (sulfide) groups is 1. The molecule has 2 aliphatic rings. The molecule has 2 aliphatic heterocycles. The minimum Gasteiger partial charge on any atom is -0.503 e. The molecule has 2 saturated heterocycles. The van der Waals surface area contributed by atoms with E-state index in [1.54, 1.807) is 4.90 Å². The number of carbonyl (C=O) groups excluding carboxylic acids is 3. The normalized spacial score (nSPS) is 18.9. The van der Waals surface area contributed by atoms with Gasteiger partial charge in [0, 0.05) is 13.1 Å². The van der Waals surface area contributed by atoms with Crippen LogP contribution in [0, 0.1) is 0 Å². The molecular formula is C17H17ClN2O5S. The molecule has 138 valence electrons. The molecule has 0 unspecified atom stereocenters. The summed E-state index contributed by atoms with van der Waals surface area (Å²) >= 11 is 6.71. The maximum atomic E-state index is 12.5. The number of benzene rings is 1. The predicted molar refractivity (Wildman–Crippen MR) is 98.2 cm³/mol. The number of aromatic hydroxyl groups is 1. The van der Waals surface area contributed by atoms with Gasteiger partial charge in [0.15, 0.2) is 11.5 Å². The second kappa shape index (κ2) is 7.59. The third-order valence-corrected chi connectivity index (χ3v) is 5.39. The van der Waals surface area contributed by atoms with Gasteiger partial charge in [-0.3, -0.25) is 19.3 Å². The summed E-state index contributed by atoms with van der Waals surface area (Å²) in [5.41, 5.74) is 0.501. The Morgan fingerprint density at radius 1 is 1.35 bits per heavy atom. The molecule has 0 saturated carbocycles. The minimum atomic E-state index is -0.518. The Bertz CT molecular complexity index is 805. The number of methoxy groups -OCH3 is 1. The highest BCUT2D eigenvalue weighted by atomic mass is 35.5. The fourth-order valence-electron chi connectivity index (χ4n) is 2.82. The van der Waals surface area contributed by atoms with Crippen molar-refractivity contribution >= 4 is 46.5 Å². The third kappa shape index (κ3) is 3.66. The lowest BCUT2D eigenvalue weighted by Crippen LogP contribution is -2.40. The molecule has 26 heavy (non-hydrogen) atoms. The number of hydrogen-bond donors (Lipinski definition) is 1. The molecule has 0 aromatic heterocycles. The zero-order valence-corrected chi connectivity index (χ0v) is 15.6. The lowest BCUT2D eigenvalue weighted by atomic mass is 10.2. The van der Waals surface area contributed by atoms with Crippen LogP contribution in [0.3, 0.4) is 0 Å². The van der Waals surface area contributed by atoms with Gasteiger partial charge >= 0.3 is 0 Å². The van der Waals surface area contributed by atoms with Crippen LogP contribution in [0.4, 0.5) is 4.79 Å². The Balaban J connectivity index is 1.79. The van der Waals surface area contributed by atoms with Crippen LogP contribution in [0.2, 0.25) is 5.02 Å². The Labute approximate surface area is 159 Å². The van der Waals surface area contributed by atoms with E-state index in [0.29, 0.717) is 18.7 Å². The molecule has 7 nitrogen and oxygen atoms in total. The van der Waals surface area contributed by atoms with E-state index in [1.165, 1.54) is 25.3 Å². The van der Waals surface area contributed by atoms with Gasteiger partial charge in [0.1, 0.15) is 6.54 Å². The standard InChI is InChI=1S/C17H17ClN2O5S/c1-25-12-7-10(6-11(18)15(12)22)8-13-16(23)20(17(24)26-13)9-14(21)19-4-2-3-5-19/h6-8,22H,2-5,9H2,1H3/b13-8-. The molecule has 3 amide bonds. The van der Waals surface area contributed by atoms with Gasteiger partial charge in [-0.1, -0.05) is 11.6 Å². The largest absolute Gasteiger partial charge is 0.503 e. The van der Waals surface area contributed by atoms with E-state index in [2.05, 4.69) is 0 Å². The van der Waals surface area contributed by atoms with Crippen molar-refractivity contribution in [3.8, 4) is 11.5 Å². The van der Waals surface area contributed by atoms with Gasteiger partial charge < -0.3 is 14.7 Å². The number of hydrogen-bond acceptors (Lipinski definition) is 6. The van der Waals surface area contributed by atoms with Crippen LogP contribution in [-0.4, -0.2) is 58.7 Å². The summed E-state index contributed by atoms with van der Waals surface area (Å²) in [6.07, 6.45) is 3.37. The van der Waals surface area contributed by atoms with E-state index in [1.807, 2.05) is 0 Å². The van der Waals surface area contributed by atoms with E-state index in [0.717, 1.165) is 29.5 Å². The summed E-state index contributed by atoms with van der Waals surface area (Å²) in [5.74, 6) is -0.779. The molecule has 0 atom stereocenters. The van der Waals surface area contributed by atoms with Crippen molar-refractivity contribution in [2.75, 3.05) is 26.7 Å². The molecule has 3 rings (SSSR count). The SMILES string of the molecule is COc1cc(/C=C2\SC(=O)N(CC(=O)N3CCCC3)C2=O)cc(Cl)c1O. The van der Waals surface area contributed by atoms with Crippen molar-refractivity contribution in [3.63, 3.8) is 0 Å². The number of halogens is 1. The fourth-order valence-corrected chi connectivity index (χ4v) is 3.88. The lowest BCUT2D eigenvalue weighted by Gasteiger charge is -2.18. The van der Waals surface area contributed by atoms with Gasteiger partial charge in [-0.15, -0.1) is 0 Å². The Morgan fingerprint density at radius 2 is 2.04 bits per heavy atom. The first-order valence-electron chi connectivity index (χ1n) is 8.00. The first-order chi connectivity index (χ1) is 12.4. The smallest absolute Gasteiger partial charge is 0.294 e. The van der Waals surface area contributed by atoms with Crippen molar-refractivity contribution in [2.24, 2.45) is 0 Å². The van der Waals surface area contributed by atoms with Gasteiger partial charge in [0.05, 0.1) is 17.0 Å². The second-order valence-electron chi connectivity index (χ2n) is 5.91. The Hall–Kier alpha value is -2.19. The number of phenolic OH excluding ortho intramolecular Hbond substituents is 1. The molecule has 1 aromatic carbocycles. The summed E-state index contributed by atoms with van der Waals surface area (Å²) in [4.78, 5) is 39.7. The maximum absolute atomic E-state index is 12.5. The van der Waals surface area contributed by atoms with Crippen LogP contribution >= 0.6 is 23.4 Å². The van der Waals surface area contributed by atoms with Crippen molar-refractivity contribution in [2.45, 2.75) is 12.8 Å². The predicted octanol–water partition coefficient (Wildman–Crippen LogP) is 2.71. The summed E-state index contributed by atoms with van der Waals surface area (Å²) < 4.78 is 5.03. The molecule has 9 heteroatoms. The van der Waals surface area contributed by atoms with Crippen LogP contribution < -0.4 is 4.74 Å². The van der Waals surface area contributed by atoms with Crippen molar-refractivity contribution in [1.29, 1.82) is 0 Å². The zero-order valence-electron chi connectivity index (χ0n) is 14.0. The average molecular weight is 397 g/mol. The first-order valence-corrected chi connectivity index (χ1v) is 9.20. The molecule has 2 fully saturated rings. The highest BCUT2D eigenvalue weighted by molar-refractivity contribution is 8.18. The Kier molecular flexibility index (Phi) is 5.43. The average Bonchev–Trinajstić information content (AvgIpc) is 3.23. The molecule has 0 spiro atoms. The number of nitrogens with zero attached hydrogens (tertiary/aromatic N) is 2. The molecular weight excluding hydrogens is 380 g/mol. The number of carbonyl (C=O) groups is 3. The molecule has 1 aromatic rings. The molecule has 1 N–H and O–H groups in total. The summed E-state index contributed by atoms with van der Waals surface area (Å²) in [5, 5.41) is 9.36. The van der Waals surface area contributed by atoms with E-state index >= 15 is 0 Å². The highest BCUT2D eigenvalue weighted by Crippen LogP contribution is 2.37. The molecule has 2 heterocycles. The number of amides is 3. The lowest BCUT2D eigenvalue weighted by molar-refractivity contribution is -0.135. The monoisotopic (exact) mass is 396 g/mol. The van der Waals surface area contributed by atoms with E-state index in [9.17, 15) is 19.5 Å². The molecule has 0 radical (unpaired) electrons. The zero-order chi connectivity index (χ0) is 18.8. The van der Waals surface area contributed by atoms with Gasteiger partial charge in [-0.25, -0.2) is 0 Å². The molecule has 0 aliphatic carbocycles. The Morgan fingerprint density at radius 3 is 2.69 bits per heavy atom. The third-order valence-electron chi connectivity index (χ3n) is 4.19. The minimum absolute atomic E-state index is 0.0686. The van der Waals surface area contributed by atoms with E-state index in [-0.39, 0.29) is 33.9 Å². The number of phenols is 1. The van der Waals surface area contributed by atoms with Crippen LogP contribution in [0.15, 0.2) is 17.0 Å². The van der Waals surface area contributed by atoms with Gasteiger partial charge in [-0.2, -0.15) is 0 Å². The number of likely N-dealkylation sites (tertiary alicyclic amines) is 1. The van der Waals surface area contributed by atoms with Gasteiger partial charge in [-0.05, 0) is 48.4 Å². The van der Waals surface area contributed by atoms with Crippen molar-refractivity contribution < 1.29 is 24.2 Å². The summed E-state index contributed by atoms with van der Waals surface area (Å²) in [7, 11) is 1.38. The van der Waals surface area contributed by atoms with Crippen LogP contribution in [-0.2, 0) is 9.59 Å². The fraction of sp³-hybridized carbons (Fsp3) is 0.353. The van der Waals surface area contributed by atoms with Crippen LogP contribution in [0.1, 0.15) is 18.4 Å². The first kappa shape index (κ1) is 18.6. The molecule has 0 bridgehead atoms. The number of imide groups is 1. The topological polar surface area (TPSA) is 87.2 Å². The van der Waals surface area contributed by atoms with Crippen molar-refractivity contribution in [1.82, 2.24) is 9.80 Å². The van der Waals surface area contributed by atoms with Gasteiger partial charge in [0.2, 0.25) is 5.91 Å². The quantitative estimate of drug-likeness (QED) is 0.787. The maximum Gasteiger partial charge on any atom is 0.294 e. The van der Waals surface area contributed by atoms with E-state index in [4.69, 9.17) is 16.3 Å². The van der Waals surface area contributed by atoms with Gasteiger partial charge in [0.25, 0.3) is 11.1 Å². The number of ether oxygens (including phenoxy) is 1.